The van der Waals surface area contributed by atoms with Crippen molar-refractivity contribution in [2.24, 2.45) is 0 Å². The fourth-order valence-electron chi connectivity index (χ4n) is 2.48. The van der Waals surface area contributed by atoms with Crippen LogP contribution in [0.1, 0.15) is 23.0 Å². The lowest BCUT2D eigenvalue weighted by Gasteiger charge is -2.14. The monoisotopic (exact) mass is 391 g/mol. The van der Waals surface area contributed by atoms with Crippen LogP contribution in [0.3, 0.4) is 0 Å². The van der Waals surface area contributed by atoms with Gasteiger partial charge in [-0.15, -0.1) is 0 Å². The van der Waals surface area contributed by atoms with Crippen LogP contribution in [0.4, 0.5) is 5.69 Å². The number of furan rings is 1. The normalized spacial score (nSPS) is 12.0. The average molecular weight is 392 g/mol. The molecule has 0 saturated carbocycles. The van der Waals surface area contributed by atoms with Crippen molar-refractivity contribution in [3.63, 3.8) is 0 Å². The van der Waals surface area contributed by atoms with Crippen molar-refractivity contribution < 1.29 is 18.7 Å². The molecule has 0 radical (unpaired) electrons. The van der Waals surface area contributed by atoms with Gasteiger partial charge >= 0.3 is 5.97 Å². The number of amides is 1. The minimum Gasteiger partial charge on any atom is -0.449 e. The van der Waals surface area contributed by atoms with Gasteiger partial charge in [-0.3, -0.25) is 4.79 Å². The molecule has 3 aromatic rings. The maximum absolute atomic E-state index is 12.4. The van der Waals surface area contributed by atoms with Crippen LogP contribution in [-0.2, 0) is 9.53 Å². The van der Waals surface area contributed by atoms with Gasteiger partial charge in [-0.2, -0.15) is 0 Å². The van der Waals surface area contributed by atoms with Crippen molar-refractivity contribution in [1.29, 1.82) is 0 Å². The molecule has 5 nitrogen and oxygen atoms in total. The molecule has 0 unspecified atom stereocenters. The van der Waals surface area contributed by atoms with Gasteiger partial charge in [0.2, 0.25) is 5.76 Å². The minimum atomic E-state index is -1.07. The Kier molecular flexibility index (Phi) is 5.20. The number of hydrogen-bond acceptors (Lipinski definition) is 4. The molecule has 134 valence electrons. The fraction of sp³-hybridized carbons (Fsp3) is 0.158. The van der Waals surface area contributed by atoms with E-state index in [1.807, 2.05) is 18.2 Å². The average Bonchev–Trinajstić information content (AvgIpc) is 2.95. The van der Waals surface area contributed by atoms with Crippen molar-refractivity contribution in [3.05, 3.63) is 63.8 Å². The molecule has 0 aliphatic heterocycles. The summed E-state index contributed by atoms with van der Waals surface area (Å²) in [5.74, 6) is -1.20. The van der Waals surface area contributed by atoms with Crippen LogP contribution in [0.25, 0.3) is 11.0 Å². The summed E-state index contributed by atoms with van der Waals surface area (Å²) in [6.45, 7) is 3.21. The number of fused-ring (bicyclic) bond motifs is 1. The Hall–Kier alpha value is -2.50. The molecule has 0 spiro atoms. The number of benzene rings is 2. The predicted molar refractivity (Wildman–Crippen MR) is 101 cm³/mol. The molecule has 0 saturated heterocycles. The molecule has 0 bridgehead atoms. The number of rotatable bonds is 4. The SMILES string of the molecule is Cc1c(C(=O)O[C@H](C)C(=O)Nc2c(Cl)cccc2Cl)oc2ccccc12. The van der Waals surface area contributed by atoms with Crippen molar-refractivity contribution in [1.82, 2.24) is 0 Å². The molecule has 0 aliphatic carbocycles. The van der Waals surface area contributed by atoms with Crippen LogP contribution in [-0.4, -0.2) is 18.0 Å². The lowest BCUT2D eigenvalue weighted by Crippen LogP contribution is -2.30. The summed E-state index contributed by atoms with van der Waals surface area (Å²) in [5.41, 5.74) is 1.51. The Morgan fingerprint density at radius 3 is 2.38 bits per heavy atom. The van der Waals surface area contributed by atoms with Crippen LogP contribution < -0.4 is 5.32 Å². The Morgan fingerprint density at radius 1 is 1.08 bits per heavy atom. The summed E-state index contributed by atoms with van der Waals surface area (Å²) in [7, 11) is 0. The molecule has 1 aromatic heterocycles. The van der Waals surface area contributed by atoms with E-state index in [9.17, 15) is 9.59 Å². The smallest absolute Gasteiger partial charge is 0.375 e. The first kappa shape index (κ1) is 18.3. The summed E-state index contributed by atoms with van der Waals surface area (Å²) in [6, 6.07) is 12.1. The highest BCUT2D eigenvalue weighted by Crippen LogP contribution is 2.30. The number of anilines is 1. The van der Waals surface area contributed by atoms with Gasteiger partial charge in [-0.1, -0.05) is 47.5 Å². The first-order valence-electron chi connectivity index (χ1n) is 7.82. The molecule has 1 atom stereocenters. The number of hydrogen-bond donors (Lipinski definition) is 1. The summed E-state index contributed by atoms with van der Waals surface area (Å²) in [5, 5.41) is 3.96. The number of carbonyl (C=O) groups is 2. The second kappa shape index (κ2) is 7.40. The van der Waals surface area contributed by atoms with Crippen LogP contribution in [0.15, 0.2) is 46.9 Å². The molecule has 7 heteroatoms. The van der Waals surface area contributed by atoms with Crippen LogP contribution >= 0.6 is 23.2 Å². The molecule has 26 heavy (non-hydrogen) atoms. The van der Waals surface area contributed by atoms with Gasteiger partial charge in [0.15, 0.2) is 6.10 Å². The van der Waals surface area contributed by atoms with Crippen LogP contribution in [0.5, 0.6) is 0 Å². The van der Waals surface area contributed by atoms with Gasteiger partial charge in [-0.25, -0.2) is 4.79 Å². The predicted octanol–water partition coefficient (Wildman–Crippen LogP) is 5.23. The number of aryl methyl sites for hydroxylation is 1. The highest BCUT2D eigenvalue weighted by atomic mass is 35.5. The third-order valence-electron chi connectivity index (χ3n) is 3.89. The van der Waals surface area contributed by atoms with Gasteiger partial charge in [0.25, 0.3) is 5.91 Å². The third kappa shape index (κ3) is 3.54. The van der Waals surface area contributed by atoms with Crippen molar-refractivity contribution in [2.45, 2.75) is 20.0 Å². The molecular formula is C19H15Cl2NO4. The second-order valence-electron chi connectivity index (χ2n) is 5.69. The highest BCUT2D eigenvalue weighted by Gasteiger charge is 2.24. The Morgan fingerprint density at radius 2 is 1.73 bits per heavy atom. The van der Waals surface area contributed by atoms with E-state index in [0.717, 1.165) is 5.39 Å². The van der Waals surface area contributed by atoms with E-state index in [1.54, 1.807) is 31.2 Å². The Balaban J connectivity index is 1.74. The fourth-order valence-corrected chi connectivity index (χ4v) is 2.97. The van der Waals surface area contributed by atoms with Gasteiger partial charge in [0, 0.05) is 10.9 Å². The second-order valence-corrected chi connectivity index (χ2v) is 6.50. The molecule has 3 rings (SSSR count). The minimum absolute atomic E-state index is 0.0709. The molecule has 0 aliphatic rings. The first-order valence-corrected chi connectivity index (χ1v) is 8.58. The van der Waals surface area contributed by atoms with Crippen molar-refractivity contribution in [2.75, 3.05) is 5.32 Å². The molecule has 0 fully saturated rings. The Bertz CT molecular complexity index is 976. The zero-order chi connectivity index (χ0) is 18.8. The van der Waals surface area contributed by atoms with Crippen LogP contribution in [0.2, 0.25) is 10.0 Å². The van der Waals surface area contributed by atoms with E-state index < -0.39 is 18.0 Å². The summed E-state index contributed by atoms with van der Waals surface area (Å²) >= 11 is 12.0. The lowest BCUT2D eigenvalue weighted by molar-refractivity contribution is -0.123. The summed E-state index contributed by atoms with van der Waals surface area (Å²) in [6.07, 6.45) is -1.07. The molecule has 1 heterocycles. The van der Waals surface area contributed by atoms with Gasteiger partial charge < -0.3 is 14.5 Å². The topological polar surface area (TPSA) is 68.5 Å². The van der Waals surface area contributed by atoms with Gasteiger partial charge in [0.1, 0.15) is 5.58 Å². The van der Waals surface area contributed by atoms with E-state index in [1.165, 1.54) is 6.92 Å². The standard InChI is InChI=1S/C19H15Cl2NO4/c1-10-12-6-3-4-9-15(12)26-17(10)19(24)25-11(2)18(23)22-16-13(20)7-5-8-14(16)21/h3-9,11H,1-2H3,(H,22,23)/t11-/m1/s1. The number of esters is 1. The quantitative estimate of drug-likeness (QED) is 0.618. The molecule has 1 N–H and O–H groups in total. The number of para-hydroxylation sites is 2. The number of nitrogens with one attached hydrogen (secondary N) is 1. The zero-order valence-electron chi connectivity index (χ0n) is 14.0. The summed E-state index contributed by atoms with van der Waals surface area (Å²) in [4.78, 5) is 24.7. The zero-order valence-corrected chi connectivity index (χ0v) is 15.5. The highest BCUT2D eigenvalue weighted by molar-refractivity contribution is 6.39. The van der Waals surface area contributed by atoms with Crippen molar-refractivity contribution >= 4 is 51.7 Å². The summed E-state index contributed by atoms with van der Waals surface area (Å²) < 4.78 is 10.8. The maximum Gasteiger partial charge on any atom is 0.375 e. The van der Waals surface area contributed by atoms with E-state index in [4.69, 9.17) is 32.4 Å². The molecule has 1 amide bonds. The van der Waals surface area contributed by atoms with Crippen molar-refractivity contribution in [3.8, 4) is 0 Å². The number of ether oxygens (including phenoxy) is 1. The van der Waals surface area contributed by atoms with Gasteiger partial charge in [0.05, 0.1) is 15.7 Å². The van der Waals surface area contributed by atoms with Gasteiger partial charge in [-0.05, 0) is 32.0 Å². The van der Waals surface area contributed by atoms with E-state index >= 15 is 0 Å². The first-order chi connectivity index (χ1) is 12.4. The maximum atomic E-state index is 12.4. The molecular weight excluding hydrogens is 377 g/mol. The number of carbonyl (C=O) groups excluding carboxylic acids is 2. The Labute approximate surface area is 159 Å². The largest absolute Gasteiger partial charge is 0.449 e. The van der Waals surface area contributed by atoms with E-state index in [2.05, 4.69) is 5.32 Å². The molecule has 2 aromatic carbocycles. The van der Waals surface area contributed by atoms with Crippen LogP contribution in [0, 0.1) is 6.92 Å². The third-order valence-corrected chi connectivity index (χ3v) is 4.52. The number of halogens is 2. The van der Waals surface area contributed by atoms with E-state index in [0.29, 0.717) is 11.1 Å². The lowest BCUT2D eigenvalue weighted by atomic mass is 10.1. The van der Waals surface area contributed by atoms with E-state index in [-0.39, 0.29) is 21.5 Å².